The van der Waals surface area contributed by atoms with Crippen molar-refractivity contribution in [3.8, 4) is 0 Å². The van der Waals surface area contributed by atoms with E-state index in [2.05, 4.69) is 18.3 Å². The van der Waals surface area contributed by atoms with Crippen molar-refractivity contribution >= 4 is 11.9 Å². The van der Waals surface area contributed by atoms with Crippen molar-refractivity contribution in [1.29, 1.82) is 0 Å². The SMILES string of the molecule is CCCCC/C=C(/C=C/C(=O)OC(C)(C)C)CCC(=O)NC. The lowest BCUT2D eigenvalue weighted by Gasteiger charge is -2.18. The highest BCUT2D eigenvalue weighted by atomic mass is 16.6. The fourth-order valence-electron chi connectivity index (χ4n) is 1.83. The van der Waals surface area contributed by atoms with Gasteiger partial charge in [0.15, 0.2) is 0 Å². The summed E-state index contributed by atoms with van der Waals surface area (Å²) in [6.07, 6.45) is 10.8. The van der Waals surface area contributed by atoms with E-state index in [0.717, 1.165) is 18.4 Å². The third kappa shape index (κ3) is 12.2. The molecule has 0 aromatic carbocycles. The van der Waals surface area contributed by atoms with Crippen molar-refractivity contribution in [1.82, 2.24) is 5.32 Å². The Morgan fingerprint density at radius 2 is 1.77 bits per heavy atom. The van der Waals surface area contributed by atoms with Crippen LogP contribution >= 0.6 is 0 Å². The Kier molecular flexibility index (Phi) is 10.3. The van der Waals surface area contributed by atoms with E-state index < -0.39 is 5.60 Å². The zero-order chi connectivity index (χ0) is 17.0. The maximum absolute atomic E-state index is 11.7. The first-order valence-corrected chi connectivity index (χ1v) is 8.09. The minimum absolute atomic E-state index is 0.00475. The van der Waals surface area contributed by atoms with E-state index in [0.29, 0.717) is 12.8 Å². The van der Waals surface area contributed by atoms with Crippen LogP contribution in [0.15, 0.2) is 23.8 Å². The predicted octanol–water partition coefficient (Wildman–Crippen LogP) is 3.92. The molecule has 0 spiro atoms. The Morgan fingerprint density at radius 1 is 1.09 bits per heavy atom. The Hall–Kier alpha value is -1.58. The first-order valence-electron chi connectivity index (χ1n) is 8.09. The molecule has 0 bridgehead atoms. The third-order valence-electron chi connectivity index (χ3n) is 2.97. The van der Waals surface area contributed by atoms with Crippen molar-refractivity contribution in [3.63, 3.8) is 0 Å². The van der Waals surface area contributed by atoms with E-state index in [9.17, 15) is 9.59 Å². The van der Waals surface area contributed by atoms with Gasteiger partial charge in [0.05, 0.1) is 0 Å². The number of nitrogens with one attached hydrogen (secondary N) is 1. The van der Waals surface area contributed by atoms with Gasteiger partial charge in [-0.05, 0) is 40.0 Å². The van der Waals surface area contributed by atoms with Crippen LogP contribution in [0, 0.1) is 0 Å². The fraction of sp³-hybridized carbons (Fsp3) is 0.667. The topological polar surface area (TPSA) is 55.4 Å². The van der Waals surface area contributed by atoms with Crippen molar-refractivity contribution in [3.05, 3.63) is 23.8 Å². The second kappa shape index (κ2) is 11.0. The summed E-state index contributed by atoms with van der Waals surface area (Å²) >= 11 is 0. The maximum atomic E-state index is 11.7. The lowest BCUT2D eigenvalue weighted by Crippen LogP contribution is -2.22. The lowest BCUT2D eigenvalue weighted by atomic mass is 10.1. The molecule has 0 radical (unpaired) electrons. The van der Waals surface area contributed by atoms with Crippen LogP contribution in [0.2, 0.25) is 0 Å². The molecule has 0 rings (SSSR count). The largest absolute Gasteiger partial charge is 0.457 e. The van der Waals surface area contributed by atoms with E-state index in [1.807, 2.05) is 20.8 Å². The Morgan fingerprint density at radius 3 is 2.32 bits per heavy atom. The molecule has 0 fully saturated rings. The van der Waals surface area contributed by atoms with Crippen molar-refractivity contribution < 1.29 is 14.3 Å². The summed E-state index contributed by atoms with van der Waals surface area (Å²) in [5.41, 5.74) is 0.514. The summed E-state index contributed by atoms with van der Waals surface area (Å²) in [6, 6.07) is 0. The third-order valence-corrected chi connectivity index (χ3v) is 2.97. The van der Waals surface area contributed by atoms with Crippen molar-refractivity contribution in [2.75, 3.05) is 7.05 Å². The number of hydrogen-bond acceptors (Lipinski definition) is 3. The van der Waals surface area contributed by atoms with Crippen molar-refractivity contribution in [2.45, 2.75) is 71.8 Å². The summed E-state index contributed by atoms with van der Waals surface area (Å²) in [7, 11) is 1.63. The van der Waals surface area contributed by atoms with Gasteiger partial charge in [-0.2, -0.15) is 0 Å². The summed E-state index contributed by atoms with van der Waals surface area (Å²) in [6.45, 7) is 7.68. The van der Waals surface area contributed by atoms with Gasteiger partial charge in [-0.15, -0.1) is 0 Å². The first-order chi connectivity index (χ1) is 10.3. The molecule has 0 aliphatic heterocycles. The molecule has 0 unspecified atom stereocenters. The maximum Gasteiger partial charge on any atom is 0.331 e. The van der Waals surface area contributed by atoms with Gasteiger partial charge in [0.1, 0.15) is 5.60 Å². The number of amides is 1. The van der Waals surface area contributed by atoms with Gasteiger partial charge >= 0.3 is 5.97 Å². The second-order valence-electron chi connectivity index (χ2n) is 6.31. The molecule has 0 aliphatic carbocycles. The zero-order valence-corrected chi connectivity index (χ0v) is 14.7. The van der Waals surface area contributed by atoms with Crippen LogP contribution in [-0.2, 0) is 14.3 Å². The molecule has 4 nitrogen and oxygen atoms in total. The predicted molar refractivity (Wildman–Crippen MR) is 90.5 cm³/mol. The highest BCUT2D eigenvalue weighted by Crippen LogP contribution is 2.12. The molecule has 0 aliphatic rings. The number of rotatable bonds is 9. The van der Waals surface area contributed by atoms with Crippen LogP contribution in [0.3, 0.4) is 0 Å². The van der Waals surface area contributed by atoms with Crippen LogP contribution in [0.25, 0.3) is 0 Å². The molecule has 1 N–H and O–H groups in total. The Bertz CT molecular complexity index is 403. The van der Waals surface area contributed by atoms with E-state index in [4.69, 9.17) is 4.74 Å². The van der Waals surface area contributed by atoms with Crippen LogP contribution < -0.4 is 5.32 Å². The van der Waals surface area contributed by atoms with Crippen LogP contribution in [-0.4, -0.2) is 24.5 Å². The molecule has 0 saturated carbocycles. The molecule has 4 heteroatoms. The van der Waals surface area contributed by atoms with Gasteiger partial charge in [-0.1, -0.05) is 37.5 Å². The number of carbonyl (C=O) groups is 2. The van der Waals surface area contributed by atoms with Crippen LogP contribution in [0.1, 0.15) is 66.2 Å². The summed E-state index contributed by atoms with van der Waals surface area (Å²) in [4.78, 5) is 23.1. The minimum atomic E-state index is -0.492. The molecule has 0 atom stereocenters. The number of carbonyl (C=O) groups excluding carboxylic acids is 2. The van der Waals surface area contributed by atoms with Gasteiger partial charge in [0.25, 0.3) is 0 Å². The molecule has 1 amide bonds. The molecular weight excluding hydrogens is 278 g/mol. The van der Waals surface area contributed by atoms with E-state index in [1.165, 1.54) is 18.9 Å². The van der Waals surface area contributed by atoms with E-state index in [1.54, 1.807) is 13.1 Å². The molecule has 0 aromatic rings. The molecule has 22 heavy (non-hydrogen) atoms. The Labute approximate surface area is 135 Å². The Balaban J connectivity index is 4.62. The van der Waals surface area contributed by atoms with Gasteiger partial charge in [-0.3, -0.25) is 4.79 Å². The average molecular weight is 309 g/mol. The lowest BCUT2D eigenvalue weighted by molar-refractivity contribution is -0.148. The quantitative estimate of drug-likeness (QED) is 0.304. The van der Waals surface area contributed by atoms with Gasteiger partial charge in [0, 0.05) is 19.5 Å². The highest BCUT2D eigenvalue weighted by Gasteiger charge is 2.13. The van der Waals surface area contributed by atoms with Gasteiger partial charge < -0.3 is 10.1 Å². The highest BCUT2D eigenvalue weighted by molar-refractivity contribution is 5.83. The van der Waals surface area contributed by atoms with Gasteiger partial charge in [0.2, 0.25) is 5.91 Å². The number of esters is 1. The van der Waals surface area contributed by atoms with Crippen molar-refractivity contribution in [2.24, 2.45) is 0 Å². The average Bonchev–Trinajstić information content (AvgIpc) is 2.43. The number of allylic oxidation sites excluding steroid dienone is 3. The molecular formula is C18H31NO3. The summed E-state index contributed by atoms with van der Waals surface area (Å²) in [5, 5.41) is 2.61. The standard InChI is InChI=1S/C18H31NO3/c1-6-7-8-9-10-15(11-13-16(20)19-5)12-14-17(21)22-18(2,3)4/h10,12,14H,6-9,11,13H2,1-5H3,(H,19,20)/b14-12+,15-10+. The molecule has 0 heterocycles. The van der Waals surface area contributed by atoms with Crippen LogP contribution in [0.5, 0.6) is 0 Å². The fourth-order valence-corrected chi connectivity index (χ4v) is 1.83. The van der Waals surface area contributed by atoms with Gasteiger partial charge in [-0.25, -0.2) is 4.79 Å². The number of hydrogen-bond donors (Lipinski definition) is 1. The number of unbranched alkanes of at least 4 members (excludes halogenated alkanes) is 3. The summed E-state index contributed by atoms with van der Waals surface area (Å²) < 4.78 is 5.25. The second-order valence-corrected chi connectivity index (χ2v) is 6.31. The van der Waals surface area contributed by atoms with Crippen LogP contribution in [0.4, 0.5) is 0 Å². The normalized spacial score (nSPS) is 12.5. The molecule has 0 aromatic heterocycles. The monoisotopic (exact) mass is 309 g/mol. The summed E-state index contributed by atoms with van der Waals surface area (Å²) in [5.74, 6) is -0.350. The zero-order valence-electron chi connectivity index (χ0n) is 14.7. The van der Waals surface area contributed by atoms with E-state index in [-0.39, 0.29) is 11.9 Å². The minimum Gasteiger partial charge on any atom is -0.457 e. The smallest absolute Gasteiger partial charge is 0.331 e. The molecule has 126 valence electrons. The van der Waals surface area contributed by atoms with E-state index >= 15 is 0 Å². The number of ether oxygens (including phenoxy) is 1. The molecule has 0 saturated heterocycles. The first kappa shape index (κ1) is 20.4.